The summed E-state index contributed by atoms with van der Waals surface area (Å²) < 4.78 is 156. The van der Waals surface area contributed by atoms with E-state index in [1.165, 1.54) is 41.5 Å². The highest BCUT2D eigenvalue weighted by Gasteiger charge is 2.70. The first-order valence-electron chi connectivity index (χ1n) is 42.3. The van der Waals surface area contributed by atoms with Gasteiger partial charge in [-0.1, -0.05) is 154 Å². The molecule has 7 rings (SSSR count). The van der Waals surface area contributed by atoms with Gasteiger partial charge in [-0.3, -0.25) is 33.6 Å². The molecular formula is C92H120F8N2O17S4. The van der Waals surface area contributed by atoms with Gasteiger partial charge in [0.2, 0.25) is 17.2 Å². The number of thiocarbonyl (C=S) groups is 2. The fourth-order valence-electron chi connectivity index (χ4n) is 18.5. The molecule has 15 atom stereocenters. The molecule has 5 aliphatic rings. The molecule has 0 aromatic heterocycles. The zero-order chi connectivity index (χ0) is 91.6. The van der Waals surface area contributed by atoms with E-state index in [-0.39, 0.29) is 102 Å². The summed E-state index contributed by atoms with van der Waals surface area (Å²) in [4.78, 5) is 125. The lowest BCUT2D eigenvalue weighted by Gasteiger charge is -2.45. The topological polar surface area (TPSA) is 239 Å². The summed E-state index contributed by atoms with van der Waals surface area (Å²) in [7, 11) is 0. The molecule has 0 radical (unpaired) electrons. The number of thioether (sulfide) groups is 2. The Balaban J connectivity index is 1.06. The number of cyclic esters (lactones) is 1. The Labute approximate surface area is 737 Å². The second kappa shape index (κ2) is 42.5. The number of allylic oxidation sites excluding steroid dienone is 4. The number of benzene rings is 2. The molecule has 5 fully saturated rings. The number of ether oxygens (including phenoxy) is 8. The van der Waals surface area contributed by atoms with E-state index in [1.54, 1.807) is 73.7 Å². The van der Waals surface area contributed by atoms with E-state index in [1.807, 2.05) is 19.9 Å². The van der Waals surface area contributed by atoms with E-state index in [0.717, 1.165) is 56.1 Å². The Hall–Kier alpha value is -7.32. The van der Waals surface area contributed by atoms with Crippen molar-refractivity contribution in [2.24, 2.45) is 57.7 Å². The highest BCUT2D eigenvalue weighted by atomic mass is 32.2. The molecule has 2 aromatic carbocycles. The monoisotopic (exact) mass is 1800 g/mol. The average Bonchev–Trinajstić information content (AvgIpc) is 1.38. The number of hydrogen-bond acceptors (Lipinski definition) is 21. The van der Waals surface area contributed by atoms with Crippen molar-refractivity contribution < 1.29 is 116 Å². The smallest absolute Gasteiger partial charge is 0.426 e. The van der Waals surface area contributed by atoms with Gasteiger partial charge in [-0.05, 0) is 196 Å². The predicted molar refractivity (Wildman–Crippen MR) is 459 cm³/mol. The van der Waals surface area contributed by atoms with Crippen molar-refractivity contribution in [1.82, 2.24) is 0 Å². The number of alkyl halides is 8. The molecule has 1 saturated heterocycles. The van der Waals surface area contributed by atoms with Crippen LogP contribution in [0.25, 0.3) is 9.69 Å². The van der Waals surface area contributed by atoms with Gasteiger partial charge in [0.25, 0.3) is 11.5 Å². The van der Waals surface area contributed by atoms with Crippen LogP contribution in [-0.2, 0) is 76.3 Å². The average molecular weight is 1810 g/mol. The molecule has 1 heterocycles. The molecule has 4 saturated carbocycles. The summed E-state index contributed by atoms with van der Waals surface area (Å²) in [6, 6.07) is 17.2. The van der Waals surface area contributed by atoms with Crippen molar-refractivity contribution in [2.45, 2.75) is 298 Å². The quantitative estimate of drug-likeness (QED) is 0.0162. The summed E-state index contributed by atoms with van der Waals surface area (Å²) in [5.74, 6) is -12.7. The van der Waals surface area contributed by atoms with E-state index in [2.05, 4.69) is 35.0 Å². The van der Waals surface area contributed by atoms with Crippen molar-refractivity contribution in [1.29, 1.82) is 0 Å². The number of nitrogens with zero attached hydrogens (tertiary/aromatic N) is 2. The summed E-state index contributed by atoms with van der Waals surface area (Å²) in [6.07, 6.45) is -2.63. The minimum atomic E-state index is -6.10. The predicted octanol–water partition coefficient (Wildman–Crippen LogP) is 20.9. The van der Waals surface area contributed by atoms with E-state index in [4.69, 9.17) is 75.5 Å². The van der Waals surface area contributed by atoms with Crippen LogP contribution in [0.1, 0.15) is 248 Å². The molecule has 31 heteroatoms. The molecule has 1 aliphatic heterocycles. The molecule has 0 spiro atoms. The number of halogens is 8. The number of carbonyl (C=O) groups excluding carboxylic acids is 8. The van der Waals surface area contributed by atoms with Crippen LogP contribution in [0, 0.1) is 70.8 Å². The Morgan fingerprint density at radius 1 is 0.577 bits per heavy atom. The zero-order valence-electron chi connectivity index (χ0n) is 72.4. The second-order valence-corrected chi connectivity index (χ2v) is 41.2. The molecule has 1 N–H and O–H groups in total. The lowest BCUT2D eigenvalue weighted by Crippen LogP contribution is -2.57. The molecule has 2 aromatic rings. The molecule has 0 amide bonds. The fourth-order valence-corrected chi connectivity index (χ4v) is 22.3. The van der Waals surface area contributed by atoms with Gasteiger partial charge in [-0.2, -0.15) is 26.3 Å². The minimum absolute atomic E-state index is 0.000663. The van der Waals surface area contributed by atoms with Crippen LogP contribution in [0.2, 0.25) is 0 Å². The largest absolute Gasteiger partial charge is 0.465 e. The van der Waals surface area contributed by atoms with Crippen molar-refractivity contribution in [3.05, 3.63) is 132 Å². The van der Waals surface area contributed by atoms with Crippen LogP contribution in [0.15, 0.2) is 98.1 Å². The normalized spacial score (nSPS) is 24.0. The number of esters is 8. The van der Waals surface area contributed by atoms with Crippen LogP contribution >= 0.6 is 48.0 Å². The van der Waals surface area contributed by atoms with Gasteiger partial charge >= 0.3 is 60.1 Å². The molecule has 4 aliphatic carbocycles. The number of carbonyl (C=O) groups is 8. The van der Waals surface area contributed by atoms with Crippen LogP contribution in [0.3, 0.4) is 0 Å². The number of hydrogen-bond donors (Lipinski definition) is 1. The van der Waals surface area contributed by atoms with E-state index < -0.39 is 177 Å². The highest BCUT2D eigenvalue weighted by molar-refractivity contribution is 8.25. The van der Waals surface area contributed by atoms with Crippen molar-refractivity contribution >= 4 is 104 Å². The fraction of sp³-hybridized carbons (Fsp3) is 0.674. The SMILES string of the molecule is [C-]#[N+]C(C)(CCC(=O)OCC1CC(/C=C\C2CC(C=C)CC2COC(=O)CCC(C)(CC(C)(SC(=S)c2ccccc2)C(=O)OCC(C)CC(O)(C(F)(F)F)C(F)(F)F)[N+]#[C-])CC1C=C)CC(C)(CC(C)(CC(C)(CC(C)(SC(=S)c1ccccc1)C(=O)OC1CCOC1=O)C(=O)OC1(CC)CCCC1)C(=O)OC1(CC)CCCC1)C(=O)OCC(C)(F)F. The maximum Gasteiger partial charge on any atom is 0.426 e. The van der Waals surface area contributed by atoms with Crippen LogP contribution in [-0.4, -0.2) is 156 Å². The Morgan fingerprint density at radius 3 is 1.45 bits per heavy atom. The molecule has 680 valence electrons. The molecule has 19 nitrogen and oxygen atoms in total. The van der Waals surface area contributed by atoms with Gasteiger partial charge in [0.05, 0.1) is 70.3 Å². The van der Waals surface area contributed by atoms with Crippen LogP contribution in [0.5, 0.6) is 0 Å². The first-order valence-corrected chi connectivity index (χ1v) is 44.7. The van der Waals surface area contributed by atoms with Crippen LogP contribution in [0.4, 0.5) is 35.1 Å². The third-order valence-corrected chi connectivity index (χ3v) is 28.8. The summed E-state index contributed by atoms with van der Waals surface area (Å²) in [6.45, 7) is 38.4. The van der Waals surface area contributed by atoms with Crippen molar-refractivity contribution in [3.63, 3.8) is 0 Å². The summed E-state index contributed by atoms with van der Waals surface area (Å²) in [5.41, 5.74) is -15.1. The Bertz CT molecular complexity index is 4180. The van der Waals surface area contributed by atoms with Gasteiger partial charge < -0.3 is 52.7 Å². The van der Waals surface area contributed by atoms with Crippen molar-refractivity contribution in [2.75, 3.05) is 33.0 Å². The first kappa shape index (κ1) is 103. The zero-order valence-corrected chi connectivity index (χ0v) is 75.6. The minimum Gasteiger partial charge on any atom is -0.465 e. The van der Waals surface area contributed by atoms with Crippen LogP contribution < -0.4 is 0 Å². The number of rotatable bonds is 44. The molecule has 123 heavy (non-hydrogen) atoms. The standard InChI is InChI=1S/C92H120F8N2O17S4/c1-16-61-46-66(68(47-61)53-114-71(104)37-44-84(10,102-15)58-86(12,123-74(121)65-32-24-21-25-33-65)78(109)115-51-60(5)50-90(111,91(95,96)97)92(98,99)100)35-34-62-48-63(17-2)67(49-62)52-113-70(103)36-43-83(9,101-14)56-81(7,75(106)116-59-87(13,93)94)54-80(6,76(107)118-88(18-3)39-26-27-40-88)55-82(8,77(108)119-89(19-4)41-28-29-42-89)57-85(11,79(110)117-69-38-45-112-72(69)105)122-73(120)64-30-22-20-23-31-64/h16-17,20-25,30-35,60-63,66-69,111H,1-2,18-19,26-29,36-59H2,3-13H3/b35-34-. The molecule has 15 unspecified atom stereocenters. The third-order valence-electron chi connectivity index (χ3n) is 25.4. The van der Waals surface area contributed by atoms with Gasteiger partial charge in [0, 0.05) is 52.9 Å². The van der Waals surface area contributed by atoms with Gasteiger partial charge in [-0.25, -0.2) is 26.7 Å². The molecular weight excluding hydrogens is 1690 g/mol. The van der Waals surface area contributed by atoms with E-state index >= 15 is 19.2 Å². The second-order valence-electron chi connectivity index (χ2n) is 36.8. The summed E-state index contributed by atoms with van der Waals surface area (Å²) >= 11 is 13.4. The molecule has 0 bridgehead atoms. The van der Waals surface area contributed by atoms with E-state index in [9.17, 15) is 59.4 Å². The Kier molecular flexibility index (Phi) is 35.5. The lowest BCUT2D eigenvalue weighted by molar-refractivity contribution is -0.372. The lowest BCUT2D eigenvalue weighted by atomic mass is 9.61. The maximum absolute atomic E-state index is 16.0. The van der Waals surface area contributed by atoms with Crippen molar-refractivity contribution in [3.8, 4) is 0 Å². The number of aliphatic hydroxyl groups is 1. The van der Waals surface area contributed by atoms with Gasteiger partial charge in [0.15, 0.2) is 6.61 Å². The van der Waals surface area contributed by atoms with Gasteiger partial charge in [0.1, 0.15) is 20.7 Å². The third kappa shape index (κ3) is 27.6. The highest BCUT2D eigenvalue weighted by Crippen LogP contribution is 2.56. The maximum atomic E-state index is 16.0. The van der Waals surface area contributed by atoms with E-state index in [0.29, 0.717) is 82.3 Å². The summed E-state index contributed by atoms with van der Waals surface area (Å²) in [5, 5.41) is 9.84. The first-order chi connectivity index (χ1) is 57.3. The van der Waals surface area contributed by atoms with Gasteiger partial charge in [-0.15, -0.1) is 13.2 Å². The Morgan fingerprint density at radius 2 is 1.02 bits per heavy atom.